The number of thioether (sulfide) groups is 1. The van der Waals surface area contributed by atoms with Crippen molar-refractivity contribution in [2.75, 3.05) is 12.4 Å². The predicted molar refractivity (Wildman–Crippen MR) is 56.9 cm³/mol. The van der Waals surface area contributed by atoms with Gasteiger partial charge >= 0.3 is 0 Å². The van der Waals surface area contributed by atoms with Crippen molar-refractivity contribution in [3.63, 3.8) is 0 Å². The van der Waals surface area contributed by atoms with Crippen LogP contribution in [0.3, 0.4) is 0 Å². The molecule has 1 aromatic heterocycles. The van der Waals surface area contributed by atoms with Gasteiger partial charge in [0.25, 0.3) is 5.22 Å². The zero-order valence-electron chi connectivity index (χ0n) is 9.14. The lowest BCUT2D eigenvalue weighted by Gasteiger charge is -2.11. The molecule has 86 valence electrons. The van der Waals surface area contributed by atoms with Crippen LogP contribution in [0.2, 0.25) is 0 Å². The van der Waals surface area contributed by atoms with Crippen LogP contribution in [0.4, 0.5) is 0 Å². The second-order valence-electron chi connectivity index (χ2n) is 3.43. The van der Waals surface area contributed by atoms with E-state index in [0.717, 1.165) is 0 Å². The van der Waals surface area contributed by atoms with Crippen molar-refractivity contribution < 1.29 is 14.3 Å². The highest BCUT2D eigenvalue weighted by atomic mass is 32.2. The Labute approximate surface area is 93.2 Å². The Balaban J connectivity index is 2.19. The highest BCUT2D eigenvalue weighted by Crippen LogP contribution is 2.16. The van der Waals surface area contributed by atoms with Gasteiger partial charge < -0.3 is 14.3 Å². The molecule has 5 nitrogen and oxygen atoms in total. The van der Waals surface area contributed by atoms with E-state index in [0.29, 0.717) is 23.5 Å². The van der Waals surface area contributed by atoms with E-state index in [9.17, 15) is 5.11 Å². The van der Waals surface area contributed by atoms with Crippen LogP contribution >= 0.6 is 11.8 Å². The van der Waals surface area contributed by atoms with Crippen LogP contribution in [0.5, 0.6) is 0 Å². The Morgan fingerprint density at radius 1 is 1.47 bits per heavy atom. The van der Waals surface area contributed by atoms with Crippen LogP contribution in [-0.2, 0) is 4.74 Å². The first-order chi connectivity index (χ1) is 7.08. The van der Waals surface area contributed by atoms with Gasteiger partial charge in [0, 0.05) is 12.7 Å². The molecule has 0 bridgehead atoms. The molecule has 0 fully saturated rings. The highest BCUT2D eigenvalue weighted by molar-refractivity contribution is 7.99. The van der Waals surface area contributed by atoms with Crippen LogP contribution < -0.4 is 0 Å². The first-order valence-corrected chi connectivity index (χ1v) is 5.79. The molecule has 0 amide bonds. The number of rotatable bonds is 6. The maximum atomic E-state index is 9.53. The zero-order chi connectivity index (χ0) is 11.3. The number of aliphatic hydroxyl groups excluding tert-OH is 1. The Morgan fingerprint density at radius 3 is 2.73 bits per heavy atom. The van der Waals surface area contributed by atoms with E-state index in [2.05, 4.69) is 10.2 Å². The average molecular weight is 232 g/mol. The lowest BCUT2D eigenvalue weighted by molar-refractivity contribution is 0.0152. The van der Waals surface area contributed by atoms with Crippen LogP contribution in [0, 0.1) is 6.92 Å². The number of aromatic nitrogens is 2. The summed E-state index contributed by atoms with van der Waals surface area (Å²) in [6, 6.07) is 0. The monoisotopic (exact) mass is 232 g/mol. The van der Waals surface area contributed by atoms with E-state index in [1.54, 1.807) is 6.92 Å². The summed E-state index contributed by atoms with van der Waals surface area (Å²) >= 11 is 1.33. The number of aryl methyl sites for hydroxylation is 1. The molecule has 6 heteroatoms. The van der Waals surface area contributed by atoms with Crippen molar-refractivity contribution in [2.45, 2.75) is 38.2 Å². The molecule has 0 aliphatic heterocycles. The lowest BCUT2D eigenvalue weighted by Crippen LogP contribution is -2.20. The smallest absolute Gasteiger partial charge is 0.276 e. The van der Waals surface area contributed by atoms with E-state index < -0.39 is 6.10 Å². The molecule has 0 aliphatic carbocycles. The normalized spacial score (nSPS) is 13.4. The predicted octanol–water partition coefficient (Wildman–Crippen LogP) is 1.26. The molecular weight excluding hydrogens is 216 g/mol. The first kappa shape index (κ1) is 12.5. The summed E-state index contributed by atoms with van der Waals surface area (Å²) in [4.78, 5) is 0. The molecule has 1 rings (SSSR count). The summed E-state index contributed by atoms with van der Waals surface area (Å²) in [6.07, 6.45) is -0.375. The van der Waals surface area contributed by atoms with E-state index in [4.69, 9.17) is 9.15 Å². The SMILES string of the molecule is Cc1nnc(SCC(O)COC(C)C)o1. The van der Waals surface area contributed by atoms with Gasteiger partial charge in [0.05, 0.1) is 18.8 Å². The van der Waals surface area contributed by atoms with Crippen LogP contribution in [0.25, 0.3) is 0 Å². The second kappa shape index (κ2) is 6.09. The van der Waals surface area contributed by atoms with E-state index in [-0.39, 0.29) is 6.10 Å². The topological polar surface area (TPSA) is 68.4 Å². The standard InChI is InChI=1S/C9H16N2O3S/c1-6(2)13-4-8(12)5-15-9-11-10-7(3)14-9/h6,8,12H,4-5H2,1-3H3. The minimum Gasteiger partial charge on any atom is -0.416 e. The van der Waals surface area contributed by atoms with Crippen LogP contribution in [0.15, 0.2) is 9.64 Å². The number of nitrogens with zero attached hydrogens (tertiary/aromatic N) is 2. The third kappa shape index (κ3) is 5.15. The summed E-state index contributed by atoms with van der Waals surface area (Å²) in [5, 5.41) is 17.5. The average Bonchev–Trinajstić information content (AvgIpc) is 2.58. The molecule has 0 aliphatic rings. The zero-order valence-corrected chi connectivity index (χ0v) is 9.95. The van der Waals surface area contributed by atoms with Gasteiger partial charge in [-0.3, -0.25) is 0 Å². The van der Waals surface area contributed by atoms with Crippen molar-refractivity contribution in [3.8, 4) is 0 Å². The minimum atomic E-state index is -0.510. The van der Waals surface area contributed by atoms with Gasteiger partial charge in [-0.25, -0.2) is 0 Å². The lowest BCUT2D eigenvalue weighted by atomic mass is 10.4. The van der Waals surface area contributed by atoms with Gasteiger partial charge in [0.2, 0.25) is 5.89 Å². The van der Waals surface area contributed by atoms with Gasteiger partial charge in [0.15, 0.2) is 0 Å². The van der Waals surface area contributed by atoms with Gasteiger partial charge in [-0.1, -0.05) is 11.8 Å². The molecule has 1 N–H and O–H groups in total. The molecule has 0 saturated carbocycles. The molecule has 0 aromatic carbocycles. The minimum absolute atomic E-state index is 0.135. The largest absolute Gasteiger partial charge is 0.416 e. The van der Waals surface area contributed by atoms with Crippen molar-refractivity contribution in [1.82, 2.24) is 10.2 Å². The summed E-state index contributed by atoms with van der Waals surface area (Å²) in [7, 11) is 0. The number of ether oxygens (including phenoxy) is 1. The molecule has 1 unspecified atom stereocenters. The Morgan fingerprint density at radius 2 is 2.20 bits per heavy atom. The third-order valence-corrected chi connectivity index (χ3v) is 2.49. The number of aliphatic hydroxyl groups is 1. The fourth-order valence-electron chi connectivity index (χ4n) is 0.856. The van der Waals surface area contributed by atoms with Crippen LogP contribution in [0.1, 0.15) is 19.7 Å². The fourth-order valence-corrected chi connectivity index (χ4v) is 1.57. The molecule has 0 radical (unpaired) electrons. The Bertz CT molecular complexity index is 291. The molecule has 15 heavy (non-hydrogen) atoms. The van der Waals surface area contributed by atoms with Crippen molar-refractivity contribution >= 4 is 11.8 Å². The maximum Gasteiger partial charge on any atom is 0.276 e. The Kier molecular flexibility index (Phi) is 5.07. The fraction of sp³-hybridized carbons (Fsp3) is 0.778. The van der Waals surface area contributed by atoms with Gasteiger partial charge in [-0.05, 0) is 13.8 Å². The number of hydrogen-bond acceptors (Lipinski definition) is 6. The first-order valence-electron chi connectivity index (χ1n) is 4.80. The molecule has 1 atom stereocenters. The van der Waals surface area contributed by atoms with E-state index in [1.807, 2.05) is 13.8 Å². The summed E-state index contributed by atoms with van der Waals surface area (Å²) in [6.45, 7) is 5.93. The summed E-state index contributed by atoms with van der Waals surface area (Å²) < 4.78 is 10.4. The van der Waals surface area contributed by atoms with Crippen molar-refractivity contribution in [3.05, 3.63) is 5.89 Å². The van der Waals surface area contributed by atoms with E-state index >= 15 is 0 Å². The van der Waals surface area contributed by atoms with Crippen molar-refractivity contribution in [1.29, 1.82) is 0 Å². The van der Waals surface area contributed by atoms with Crippen molar-refractivity contribution in [2.24, 2.45) is 0 Å². The molecule has 0 spiro atoms. The molecule has 1 heterocycles. The Hall–Kier alpha value is -0.590. The van der Waals surface area contributed by atoms with Gasteiger partial charge in [0.1, 0.15) is 0 Å². The summed E-state index contributed by atoms with van der Waals surface area (Å²) in [5.41, 5.74) is 0. The summed E-state index contributed by atoms with van der Waals surface area (Å²) in [5.74, 6) is 1.03. The maximum absolute atomic E-state index is 9.53. The molecular formula is C9H16N2O3S. The highest BCUT2D eigenvalue weighted by Gasteiger charge is 2.09. The number of hydrogen-bond donors (Lipinski definition) is 1. The van der Waals surface area contributed by atoms with Gasteiger partial charge in [-0.15, -0.1) is 10.2 Å². The van der Waals surface area contributed by atoms with Crippen LogP contribution in [-0.4, -0.2) is 39.9 Å². The van der Waals surface area contributed by atoms with Gasteiger partial charge in [-0.2, -0.15) is 0 Å². The molecule has 0 saturated heterocycles. The molecule has 1 aromatic rings. The second-order valence-corrected chi connectivity index (χ2v) is 4.41. The third-order valence-electron chi connectivity index (χ3n) is 1.53. The van der Waals surface area contributed by atoms with E-state index in [1.165, 1.54) is 11.8 Å². The quantitative estimate of drug-likeness (QED) is 0.745.